The molecule has 0 saturated heterocycles. The van der Waals surface area contributed by atoms with Gasteiger partial charge in [-0.1, -0.05) is 24.3 Å². The smallest absolute Gasteiger partial charge is 0.136 e. The number of hydrogen-bond donors (Lipinski definition) is 0. The van der Waals surface area contributed by atoms with E-state index in [4.69, 9.17) is 4.74 Å². The molecular formula is C14H12BrFO. The highest BCUT2D eigenvalue weighted by Crippen LogP contribution is 2.26. The summed E-state index contributed by atoms with van der Waals surface area (Å²) in [5, 5.41) is 0. The summed E-state index contributed by atoms with van der Waals surface area (Å²) in [7, 11) is 0. The number of rotatable bonds is 3. The number of ether oxygens (including phenoxy) is 1. The zero-order chi connectivity index (χ0) is 12.3. The second kappa shape index (κ2) is 5.32. The van der Waals surface area contributed by atoms with E-state index < -0.39 is 0 Å². The minimum atomic E-state index is -0.298. The van der Waals surface area contributed by atoms with Gasteiger partial charge in [0.25, 0.3) is 0 Å². The Bertz CT molecular complexity index is 525. The van der Waals surface area contributed by atoms with Crippen molar-refractivity contribution in [3.63, 3.8) is 0 Å². The van der Waals surface area contributed by atoms with Crippen LogP contribution < -0.4 is 4.74 Å². The molecular weight excluding hydrogens is 283 g/mol. The first-order valence-electron chi connectivity index (χ1n) is 5.29. The number of benzene rings is 2. The molecule has 17 heavy (non-hydrogen) atoms. The zero-order valence-corrected chi connectivity index (χ0v) is 11.0. The number of hydrogen-bond acceptors (Lipinski definition) is 1. The van der Waals surface area contributed by atoms with Crippen LogP contribution in [0.3, 0.4) is 0 Å². The largest absolute Gasteiger partial charge is 0.488 e. The molecule has 0 bridgehead atoms. The van der Waals surface area contributed by atoms with Crippen molar-refractivity contribution >= 4 is 15.9 Å². The fraction of sp³-hybridized carbons (Fsp3) is 0.143. The quantitative estimate of drug-likeness (QED) is 0.811. The Hall–Kier alpha value is -1.35. The standard InChI is InChI=1S/C14H12BrFO/c1-10-4-2-3-5-11(10)9-17-14-8-12(16)6-7-13(14)15/h2-8H,9H2,1H3. The van der Waals surface area contributed by atoms with Crippen LogP contribution in [0.25, 0.3) is 0 Å². The second-order valence-electron chi connectivity index (χ2n) is 3.79. The summed E-state index contributed by atoms with van der Waals surface area (Å²) in [5.74, 6) is 0.223. The zero-order valence-electron chi connectivity index (χ0n) is 9.41. The van der Waals surface area contributed by atoms with E-state index in [1.54, 1.807) is 6.07 Å². The molecule has 1 nitrogen and oxygen atoms in total. The Morgan fingerprint density at radius 1 is 1.18 bits per heavy atom. The Morgan fingerprint density at radius 2 is 1.94 bits per heavy atom. The Balaban J connectivity index is 2.12. The molecule has 0 aliphatic carbocycles. The first-order chi connectivity index (χ1) is 8.16. The van der Waals surface area contributed by atoms with E-state index in [9.17, 15) is 4.39 Å². The molecule has 0 unspecified atom stereocenters. The molecule has 0 aliphatic rings. The Kier molecular flexibility index (Phi) is 3.79. The van der Waals surface area contributed by atoms with Gasteiger partial charge in [0.15, 0.2) is 0 Å². The van der Waals surface area contributed by atoms with E-state index in [0.717, 1.165) is 10.0 Å². The van der Waals surface area contributed by atoms with Gasteiger partial charge in [0.05, 0.1) is 4.47 Å². The monoisotopic (exact) mass is 294 g/mol. The lowest BCUT2D eigenvalue weighted by Gasteiger charge is -2.10. The van der Waals surface area contributed by atoms with Crippen LogP contribution >= 0.6 is 15.9 Å². The van der Waals surface area contributed by atoms with Crippen molar-refractivity contribution in [2.75, 3.05) is 0 Å². The molecule has 88 valence electrons. The molecule has 3 heteroatoms. The fourth-order valence-electron chi connectivity index (χ4n) is 1.52. The molecule has 0 N–H and O–H groups in total. The van der Waals surface area contributed by atoms with Gasteiger partial charge in [-0.05, 0) is 46.1 Å². The van der Waals surface area contributed by atoms with Crippen LogP contribution in [0.2, 0.25) is 0 Å². The van der Waals surface area contributed by atoms with Gasteiger partial charge in [0, 0.05) is 6.07 Å². The van der Waals surface area contributed by atoms with Crippen molar-refractivity contribution in [1.29, 1.82) is 0 Å². The van der Waals surface area contributed by atoms with E-state index >= 15 is 0 Å². The highest BCUT2D eigenvalue weighted by atomic mass is 79.9. The van der Waals surface area contributed by atoms with Crippen LogP contribution in [0, 0.1) is 12.7 Å². The van der Waals surface area contributed by atoms with Gasteiger partial charge in [-0.3, -0.25) is 0 Å². The molecule has 0 heterocycles. The van der Waals surface area contributed by atoms with Crippen LogP contribution in [0.1, 0.15) is 11.1 Å². The molecule has 0 atom stereocenters. The van der Waals surface area contributed by atoms with Crippen molar-refractivity contribution in [3.8, 4) is 5.75 Å². The van der Waals surface area contributed by atoms with E-state index in [1.165, 1.54) is 17.7 Å². The lowest BCUT2D eigenvalue weighted by atomic mass is 10.1. The summed E-state index contributed by atoms with van der Waals surface area (Å²) >= 11 is 3.33. The predicted molar refractivity (Wildman–Crippen MR) is 69.6 cm³/mol. The summed E-state index contributed by atoms with van der Waals surface area (Å²) in [4.78, 5) is 0. The van der Waals surface area contributed by atoms with Gasteiger partial charge < -0.3 is 4.74 Å². The molecule has 0 aromatic heterocycles. The molecule has 0 radical (unpaired) electrons. The predicted octanol–water partition coefficient (Wildman–Crippen LogP) is 4.48. The SMILES string of the molecule is Cc1ccccc1COc1cc(F)ccc1Br. The molecule has 2 rings (SSSR count). The topological polar surface area (TPSA) is 9.23 Å². The van der Waals surface area contributed by atoms with Gasteiger partial charge in [-0.2, -0.15) is 0 Å². The average molecular weight is 295 g/mol. The van der Waals surface area contributed by atoms with E-state index in [-0.39, 0.29) is 5.82 Å². The fourth-order valence-corrected chi connectivity index (χ4v) is 1.88. The summed E-state index contributed by atoms with van der Waals surface area (Å²) in [6, 6.07) is 12.4. The van der Waals surface area contributed by atoms with E-state index in [0.29, 0.717) is 12.4 Å². The second-order valence-corrected chi connectivity index (χ2v) is 4.64. The maximum atomic E-state index is 13.1. The average Bonchev–Trinajstić information content (AvgIpc) is 2.32. The van der Waals surface area contributed by atoms with E-state index in [1.807, 2.05) is 31.2 Å². The van der Waals surface area contributed by atoms with Crippen molar-refractivity contribution in [3.05, 3.63) is 63.9 Å². The van der Waals surface area contributed by atoms with Gasteiger partial charge in [-0.25, -0.2) is 4.39 Å². The van der Waals surface area contributed by atoms with Crippen LogP contribution in [0.4, 0.5) is 4.39 Å². The summed E-state index contributed by atoms with van der Waals surface area (Å²) < 4.78 is 19.4. The third-order valence-electron chi connectivity index (χ3n) is 2.54. The minimum absolute atomic E-state index is 0.298. The van der Waals surface area contributed by atoms with Crippen molar-refractivity contribution < 1.29 is 9.13 Å². The van der Waals surface area contributed by atoms with Gasteiger partial charge in [0.2, 0.25) is 0 Å². The Labute approximate surface area is 108 Å². The van der Waals surface area contributed by atoms with Crippen molar-refractivity contribution in [2.45, 2.75) is 13.5 Å². The summed E-state index contributed by atoms with van der Waals surface area (Å²) in [6.45, 7) is 2.47. The molecule has 0 saturated carbocycles. The third-order valence-corrected chi connectivity index (χ3v) is 3.19. The minimum Gasteiger partial charge on any atom is -0.488 e. The van der Waals surface area contributed by atoms with Gasteiger partial charge in [0.1, 0.15) is 18.2 Å². The first kappa shape index (κ1) is 12.1. The van der Waals surface area contributed by atoms with Crippen molar-refractivity contribution in [1.82, 2.24) is 0 Å². The highest BCUT2D eigenvalue weighted by molar-refractivity contribution is 9.10. The summed E-state index contributed by atoms with van der Waals surface area (Å²) in [5.41, 5.74) is 2.27. The van der Waals surface area contributed by atoms with Crippen LogP contribution in [-0.4, -0.2) is 0 Å². The lowest BCUT2D eigenvalue weighted by Crippen LogP contribution is -1.98. The normalized spacial score (nSPS) is 10.3. The third kappa shape index (κ3) is 3.07. The van der Waals surface area contributed by atoms with Crippen LogP contribution in [0.5, 0.6) is 5.75 Å². The van der Waals surface area contributed by atoms with Gasteiger partial charge >= 0.3 is 0 Å². The maximum absolute atomic E-state index is 13.1. The first-order valence-corrected chi connectivity index (χ1v) is 6.08. The number of halogens is 2. The van der Waals surface area contributed by atoms with Gasteiger partial charge in [-0.15, -0.1) is 0 Å². The molecule has 2 aromatic rings. The highest BCUT2D eigenvalue weighted by Gasteiger charge is 2.04. The van der Waals surface area contributed by atoms with E-state index in [2.05, 4.69) is 15.9 Å². The molecule has 0 aliphatic heterocycles. The lowest BCUT2D eigenvalue weighted by molar-refractivity contribution is 0.302. The number of aryl methyl sites for hydroxylation is 1. The van der Waals surface area contributed by atoms with Crippen molar-refractivity contribution in [2.24, 2.45) is 0 Å². The summed E-state index contributed by atoms with van der Waals surface area (Å²) in [6.07, 6.45) is 0. The Morgan fingerprint density at radius 3 is 2.71 bits per heavy atom. The molecule has 0 fully saturated rings. The molecule has 0 spiro atoms. The van der Waals surface area contributed by atoms with Crippen LogP contribution in [0.15, 0.2) is 46.9 Å². The molecule has 0 amide bonds. The van der Waals surface area contributed by atoms with Crippen LogP contribution in [-0.2, 0) is 6.61 Å². The maximum Gasteiger partial charge on any atom is 0.136 e. The molecule has 2 aromatic carbocycles.